The fourth-order valence-corrected chi connectivity index (χ4v) is 4.01. The quantitative estimate of drug-likeness (QED) is 0.562. The molecule has 0 fully saturated rings. The molecule has 2 aromatic heterocycles. The van der Waals surface area contributed by atoms with Crippen molar-refractivity contribution in [3.8, 4) is 21.8 Å². The number of pyridine rings is 1. The van der Waals surface area contributed by atoms with Gasteiger partial charge in [0.15, 0.2) is 0 Å². The van der Waals surface area contributed by atoms with Crippen LogP contribution in [0.5, 0.6) is 0 Å². The average Bonchev–Trinajstić information content (AvgIpc) is 3.34. The van der Waals surface area contributed by atoms with Crippen molar-refractivity contribution in [3.05, 3.63) is 89.6 Å². The molecule has 1 aliphatic carbocycles. The monoisotopic (exact) mass is 368 g/mol. The topological polar surface area (TPSA) is 64.7 Å². The Morgan fingerprint density at radius 2 is 1.67 bits per heavy atom. The summed E-state index contributed by atoms with van der Waals surface area (Å²) in [4.78, 5) is 4.92. The molecule has 0 unspecified atom stereocenters. The Morgan fingerprint density at radius 3 is 2.48 bits per heavy atom. The van der Waals surface area contributed by atoms with Crippen LogP contribution in [0.4, 0.5) is 5.13 Å². The van der Waals surface area contributed by atoms with Gasteiger partial charge in [0.05, 0.1) is 11.4 Å². The molecule has 2 aromatic carbocycles. The lowest BCUT2D eigenvalue weighted by Crippen LogP contribution is -1.93. The van der Waals surface area contributed by atoms with Crippen LogP contribution in [-0.4, -0.2) is 15.2 Å². The molecule has 0 bridgehead atoms. The lowest BCUT2D eigenvalue weighted by Gasteiger charge is -2.09. The number of benzene rings is 2. The van der Waals surface area contributed by atoms with E-state index in [0.717, 1.165) is 33.9 Å². The number of hydrogen-bond acceptors (Lipinski definition) is 5. The van der Waals surface area contributed by atoms with Crippen molar-refractivity contribution < 1.29 is 0 Å². The molecule has 2 heterocycles. The van der Waals surface area contributed by atoms with Gasteiger partial charge in [0.25, 0.3) is 0 Å². The summed E-state index contributed by atoms with van der Waals surface area (Å²) < 4.78 is 0. The minimum absolute atomic E-state index is 0.485. The molecular weight excluding hydrogens is 352 g/mol. The first kappa shape index (κ1) is 15.9. The second-order valence-electron chi connectivity index (χ2n) is 6.41. The van der Waals surface area contributed by atoms with E-state index in [0.29, 0.717) is 5.13 Å². The van der Waals surface area contributed by atoms with Gasteiger partial charge in [-0.25, -0.2) is 4.98 Å². The maximum absolute atomic E-state index is 5.74. The highest BCUT2D eigenvalue weighted by molar-refractivity contribution is 7.18. The molecule has 0 radical (unpaired) electrons. The summed E-state index contributed by atoms with van der Waals surface area (Å²) in [5, 5.41) is 9.42. The van der Waals surface area contributed by atoms with E-state index in [1.807, 2.05) is 18.2 Å². The maximum Gasteiger partial charge on any atom is 0.203 e. The summed E-state index contributed by atoms with van der Waals surface area (Å²) in [6, 6.07) is 22.9. The van der Waals surface area contributed by atoms with Crippen LogP contribution in [-0.2, 0) is 6.42 Å². The Kier molecular flexibility index (Phi) is 3.80. The van der Waals surface area contributed by atoms with Crippen LogP contribution in [0.3, 0.4) is 0 Å². The number of rotatable bonds is 3. The Labute approximate surface area is 161 Å². The summed E-state index contributed by atoms with van der Waals surface area (Å²) in [6.45, 7) is 0. The molecule has 130 valence electrons. The number of allylic oxidation sites excluding steroid dienone is 1. The molecule has 2 N–H and O–H groups in total. The van der Waals surface area contributed by atoms with Gasteiger partial charge >= 0.3 is 0 Å². The highest BCUT2D eigenvalue weighted by Gasteiger charge is 2.19. The zero-order valence-corrected chi connectivity index (χ0v) is 15.3. The molecule has 0 saturated heterocycles. The minimum atomic E-state index is 0.485. The third kappa shape index (κ3) is 2.92. The molecule has 0 aliphatic heterocycles. The summed E-state index contributed by atoms with van der Waals surface area (Å²) in [5.41, 5.74) is 13.6. The standard InChI is InChI=1S/C22H16N4S/c23-22-26-25-21(27-22)16-10-9-14-11-12-17(18(14)13-16)20-8-4-7-19(24-20)15-5-2-1-3-6-15/h1-10,12-13H,11H2,(H2,23,26). The van der Waals surface area contributed by atoms with E-state index in [2.05, 4.69) is 64.8 Å². The zero-order valence-electron chi connectivity index (χ0n) is 14.5. The van der Waals surface area contributed by atoms with E-state index < -0.39 is 0 Å². The SMILES string of the molecule is Nc1nnc(-c2ccc3c(c2)C(c2cccc(-c4ccccc4)n2)=CC3)s1. The van der Waals surface area contributed by atoms with Crippen LogP contribution in [0.1, 0.15) is 16.8 Å². The molecule has 5 heteroatoms. The van der Waals surface area contributed by atoms with Crippen LogP contribution in [0, 0.1) is 0 Å². The number of nitrogens with zero attached hydrogens (tertiary/aromatic N) is 3. The number of nitrogen functional groups attached to an aromatic ring is 1. The van der Waals surface area contributed by atoms with Crippen molar-refractivity contribution >= 4 is 22.0 Å². The Morgan fingerprint density at radius 1 is 0.815 bits per heavy atom. The second kappa shape index (κ2) is 6.45. The van der Waals surface area contributed by atoms with Gasteiger partial charge in [-0.05, 0) is 35.7 Å². The van der Waals surface area contributed by atoms with Gasteiger partial charge in [0, 0.05) is 16.7 Å². The second-order valence-corrected chi connectivity index (χ2v) is 7.42. The van der Waals surface area contributed by atoms with Crippen LogP contribution < -0.4 is 5.73 Å². The third-order valence-corrected chi connectivity index (χ3v) is 5.51. The van der Waals surface area contributed by atoms with Crippen molar-refractivity contribution in [1.82, 2.24) is 15.2 Å². The molecule has 5 rings (SSSR count). The van der Waals surface area contributed by atoms with Crippen molar-refractivity contribution in [2.45, 2.75) is 6.42 Å². The van der Waals surface area contributed by atoms with Crippen LogP contribution in [0.15, 0.2) is 72.8 Å². The zero-order chi connectivity index (χ0) is 18.2. The normalized spacial score (nSPS) is 12.7. The first-order valence-electron chi connectivity index (χ1n) is 8.73. The number of nitrogens with two attached hydrogens (primary N) is 1. The van der Waals surface area contributed by atoms with Gasteiger partial charge in [0.1, 0.15) is 5.01 Å². The van der Waals surface area contributed by atoms with E-state index in [-0.39, 0.29) is 0 Å². The summed E-state index contributed by atoms with van der Waals surface area (Å²) in [5.74, 6) is 0. The number of anilines is 1. The highest BCUT2D eigenvalue weighted by atomic mass is 32.1. The third-order valence-electron chi connectivity index (χ3n) is 4.71. The minimum Gasteiger partial charge on any atom is -0.374 e. The molecule has 27 heavy (non-hydrogen) atoms. The predicted molar refractivity (Wildman–Crippen MR) is 110 cm³/mol. The first-order chi connectivity index (χ1) is 13.3. The van der Waals surface area contributed by atoms with Gasteiger partial charge in [-0.15, -0.1) is 10.2 Å². The molecule has 1 aliphatic rings. The lowest BCUT2D eigenvalue weighted by atomic mass is 10.00. The van der Waals surface area contributed by atoms with Gasteiger partial charge in [0.2, 0.25) is 5.13 Å². The molecule has 4 aromatic rings. The van der Waals surface area contributed by atoms with Crippen LogP contribution >= 0.6 is 11.3 Å². The summed E-state index contributed by atoms with van der Waals surface area (Å²) >= 11 is 1.40. The number of aromatic nitrogens is 3. The Hall–Kier alpha value is -3.31. The summed E-state index contributed by atoms with van der Waals surface area (Å²) in [6.07, 6.45) is 3.17. The van der Waals surface area contributed by atoms with Crippen molar-refractivity contribution in [2.75, 3.05) is 5.73 Å². The Balaban J connectivity index is 1.56. The molecule has 0 amide bonds. The molecular formula is C22H16N4S. The predicted octanol–water partition coefficient (Wildman–Crippen LogP) is 4.84. The van der Waals surface area contributed by atoms with E-state index in [1.165, 1.54) is 28.0 Å². The van der Waals surface area contributed by atoms with Gasteiger partial charge < -0.3 is 5.73 Å². The Bertz CT molecular complexity index is 1160. The van der Waals surface area contributed by atoms with Gasteiger partial charge in [-0.3, -0.25) is 0 Å². The molecule has 0 atom stereocenters. The van der Waals surface area contributed by atoms with Crippen molar-refractivity contribution in [3.63, 3.8) is 0 Å². The first-order valence-corrected chi connectivity index (χ1v) is 9.55. The van der Waals surface area contributed by atoms with Crippen molar-refractivity contribution in [1.29, 1.82) is 0 Å². The maximum atomic E-state index is 5.74. The average molecular weight is 368 g/mol. The fraction of sp³-hybridized carbons (Fsp3) is 0.0455. The van der Waals surface area contributed by atoms with Crippen LogP contribution in [0.25, 0.3) is 27.4 Å². The van der Waals surface area contributed by atoms with Crippen LogP contribution in [0.2, 0.25) is 0 Å². The van der Waals surface area contributed by atoms with Gasteiger partial charge in [-0.2, -0.15) is 0 Å². The highest BCUT2D eigenvalue weighted by Crippen LogP contribution is 2.36. The number of fused-ring (bicyclic) bond motifs is 1. The van der Waals surface area contributed by atoms with Crippen molar-refractivity contribution in [2.24, 2.45) is 0 Å². The lowest BCUT2D eigenvalue weighted by molar-refractivity contribution is 1.10. The molecule has 0 spiro atoms. The molecule has 0 saturated carbocycles. The largest absolute Gasteiger partial charge is 0.374 e. The van der Waals surface area contributed by atoms with E-state index in [1.54, 1.807) is 0 Å². The van der Waals surface area contributed by atoms with Gasteiger partial charge in [-0.1, -0.05) is 65.9 Å². The molecule has 4 nitrogen and oxygen atoms in total. The van der Waals surface area contributed by atoms with E-state index in [4.69, 9.17) is 10.7 Å². The fourth-order valence-electron chi connectivity index (χ4n) is 3.41. The smallest absolute Gasteiger partial charge is 0.203 e. The van der Waals surface area contributed by atoms with E-state index in [9.17, 15) is 0 Å². The van der Waals surface area contributed by atoms with E-state index >= 15 is 0 Å². The number of hydrogen-bond donors (Lipinski definition) is 1. The summed E-state index contributed by atoms with van der Waals surface area (Å²) in [7, 11) is 0.